The highest BCUT2D eigenvalue weighted by atomic mass is 32.2. The van der Waals surface area contributed by atoms with Crippen LogP contribution in [-0.2, 0) is 16.2 Å². The average molecular weight is 396 g/mol. The first-order valence-corrected chi connectivity index (χ1v) is 9.17. The predicted octanol–water partition coefficient (Wildman–Crippen LogP) is 3.58. The summed E-state index contributed by atoms with van der Waals surface area (Å²) in [5.41, 5.74) is 5.52. The highest BCUT2D eigenvalue weighted by Crippen LogP contribution is 2.31. The molecular weight excluding hydrogens is 381 g/mol. The van der Waals surface area contributed by atoms with E-state index in [9.17, 15) is 21.6 Å². The molecular formula is C17H15F3N4O2S. The van der Waals surface area contributed by atoms with Crippen LogP contribution >= 0.6 is 0 Å². The van der Waals surface area contributed by atoms with Crippen LogP contribution in [0.25, 0.3) is 5.69 Å². The van der Waals surface area contributed by atoms with Crippen molar-refractivity contribution in [2.45, 2.75) is 18.0 Å². The number of nitrogen functional groups attached to an aromatic ring is 1. The van der Waals surface area contributed by atoms with Gasteiger partial charge in [0, 0.05) is 11.8 Å². The highest BCUT2D eigenvalue weighted by molar-refractivity contribution is 7.92. The van der Waals surface area contributed by atoms with E-state index in [0.29, 0.717) is 5.69 Å². The van der Waals surface area contributed by atoms with Crippen LogP contribution < -0.4 is 10.5 Å². The third kappa shape index (κ3) is 4.05. The summed E-state index contributed by atoms with van der Waals surface area (Å²) in [5, 5.41) is 4.10. The summed E-state index contributed by atoms with van der Waals surface area (Å²) in [7, 11) is -4.00. The van der Waals surface area contributed by atoms with Crippen LogP contribution in [0.1, 0.15) is 11.3 Å². The number of anilines is 2. The van der Waals surface area contributed by atoms with E-state index in [0.717, 1.165) is 16.8 Å². The van der Waals surface area contributed by atoms with Crippen LogP contribution in [0.4, 0.5) is 24.7 Å². The van der Waals surface area contributed by atoms with Crippen molar-refractivity contribution < 1.29 is 21.6 Å². The van der Waals surface area contributed by atoms with Crippen molar-refractivity contribution in [1.82, 2.24) is 9.78 Å². The van der Waals surface area contributed by atoms with Gasteiger partial charge in [-0.3, -0.25) is 4.72 Å². The van der Waals surface area contributed by atoms with Gasteiger partial charge in [0.1, 0.15) is 5.82 Å². The molecule has 1 aromatic heterocycles. The Morgan fingerprint density at radius 2 is 1.78 bits per heavy atom. The Kier molecular flexibility index (Phi) is 4.60. The van der Waals surface area contributed by atoms with Crippen molar-refractivity contribution in [3.8, 4) is 5.69 Å². The molecule has 142 valence electrons. The van der Waals surface area contributed by atoms with Crippen LogP contribution in [0, 0.1) is 6.92 Å². The zero-order chi connectivity index (χ0) is 19.8. The predicted molar refractivity (Wildman–Crippen MR) is 95.0 cm³/mol. The molecule has 0 unspecified atom stereocenters. The molecule has 3 rings (SSSR count). The first-order valence-electron chi connectivity index (χ1n) is 7.69. The molecule has 0 aliphatic heterocycles. The van der Waals surface area contributed by atoms with Gasteiger partial charge in [-0.05, 0) is 43.3 Å². The van der Waals surface area contributed by atoms with Gasteiger partial charge < -0.3 is 5.73 Å². The summed E-state index contributed by atoms with van der Waals surface area (Å²) in [6.45, 7) is 1.60. The molecule has 3 N–H and O–H groups in total. The smallest absolute Gasteiger partial charge is 0.399 e. The monoisotopic (exact) mass is 396 g/mol. The number of sulfonamides is 1. The standard InChI is InChI=1S/C17H15F3N4O2S/c1-11-8-16(23-27(25,26)15-7-3-5-13(21)10-15)24(22-11)14-6-2-4-12(9-14)17(18,19)20/h2-10,23H,21H2,1H3. The Bertz CT molecular complexity index is 1090. The fourth-order valence-corrected chi connectivity index (χ4v) is 3.55. The fourth-order valence-electron chi connectivity index (χ4n) is 2.46. The Morgan fingerprint density at radius 3 is 2.44 bits per heavy atom. The van der Waals surface area contributed by atoms with Crippen LogP contribution in [0.5, 0.6) is 0 Å². The van der Waals surface area contributed by atoms with Crippen molar-refractivity contribution in [2.24, 2.45) is 0 Å². The number of nitrogens with two attached hydrogens (primary N) is 1. The lowest BCUT2D eigenvalue weighted by Gasteiger charge is -2.13. The molecule has 0 atom stereocenters. The van der Waals surface area contributed by atoms with E-state index in [1.807, 2.05) is 0 Å². The van der Waals surface area contributed by atoms with E-state index in [1.54, 1.807) is 6.92 Å². The molecule has 2 aromatic carbocycles. The summed E-state index contributed by atoms with van der Waals surface area (Å²) < 4.78 is 67.5. The van der Waals surface area contributed by atoms with Gasteiger partial charge in [0.05, 0.1) is 21.8 Å². The van der Waals surface area contributed by atoms with Gasteiger partial charge in [-0.15, -0.1) is 0 Å². The van der Waals surface area contributed by atoms with Crippen molar-refractivity contribution in [3.05, 3.63) is 65.9 Å². The molecule has 0 amide bonds. The third-order valence-corrected chi connectivity index (χ3v) is 5.01. The van der Waals surface area contributed by atoms with Gasteiger partial charge in [-0.1, -0.05) is 12.1 Å². The number of aryl methyl sites for hydroxylation is 1. The van der Waals surface area contributed by atoms with Crippen LogP contribution in [0.3, 0.4) is 0 Å². The lowest BCUT2D eigenvalue weighted by molar-refractivity contribution is -0.137. The molecule has 0 bridgehead atoms. The molecule has 0 radical (unpaired) electrons. The van der Waals surface area contributed by atoms with Crippen LogP contribution in [0.15, 0.2) is 59.5 Å². The summed E-state index contributed by atoms with van der Waals surface area (Å²) in [6, 6.07) is 11.5. The fraction of sp³-hybridized carbons (Fsp3) is 0.118. The quantitative estimate of drug-likeness (QED) is 0.660. The second-order valence-corrected chi connectivity index (χ2v) is 7.49. The highest BCUT2D eigenvalue weighted by Gasteiger charge is 2.31. The topological polar surface area (TPSA) is 90.0 Å². The number of rotatable bonds is 4. The maximum absolute atomic E-state index is 13.0. The van der Waals surface area contributed by atoms with E-state index in [-0.39, 0.29) is 22.1 Å². The second kappa shape index (κ2) is 6.62. The van der Waals surface area contributed by atoms with Crippen molar-refractivity contribution >= 4 is 21.5 Å². The van der Waals surface area contributed by atoms with Gasteiger partial charge in [0.15, 0.2) is 0 Å². The van der Waals surface area contributed by atoms with E-state index in [4.69, 9.17) is 5.73 Å². The molecule has 0 aliphatic rings. The van der Waals surface area contributed by atoms with Gasteiger partial charge in [-0.25, -0.2) is 13.1 Å². The molecule has 0 fully saturated rings. The van der Waals surface area contributed by atoms with Crippen LogP contribution in [-0.4, -0.2) is 18.2 Å². The lowest BCUT2D eigenvalue weighted by Crippen LogP contribution is -2.16. The normalized spacial score (nSPS) is 12.1. The van der Waals surface area contributed by atoms with Gasteiger partial charge >= 0.3 is 6.18 Å². The number of hydrogen-bond donors (Lipinski definition) is 2. The number of nitrogens with one attached hydrogen (secondary N) is 1. The molecule has 3 aromatic rings. The first kappa shape index (κ1) is 18.8. The van der Waals surface area contributed by atoms with Crippen molar-refractivity contribution in [3.63, 3.8) is 0 Å². The second-order valence-electron chi connectivity index (χ2n) is 5.81. The zero-order valence-electron chi connectivity index (χ0n) is 14.0. The molecule has 0 saturated carbocycles. The maximum Gasteiger partial charge on any atom is 0.416 e. The third-order valence-electron chi connectivity index (χ3n) is 3.66. The number of halogens is 3. The summed E-state index contributed by atoms with van der Waals surface area (Å²) in [6.07, 6.45) is -4.53. The zero-order valence-corrected chi connectivity index (χ0v) is 14.8. The lowest BCUT2D eigenvalue weighted by atomic mass is 10.2. The van der Waals surface area contributed by atoms with Crippen molar-refractivity contribution in [1.29, 1.82) is 0 Å². The molecule has 6 nitrogen and oxygen atoms in total. The Hall–Kier alpha value is -3.01. The van der Waals surface area contributed by atoms with E-state index >= 15 is 0 Å². The largest absolute Gasteiger partial charge is 0.416 e. The van der Waals surface area contributed by atoms with Gasteiger partial charge in [-0.2, -0.15) is 18.3 Å². The first-order chi connectivity index (χ1) is 12.6. The number of nitrogens with zero attached hydrogens (tertiary/aromatic N) is 2. The summed E-state index contributed by atoms with van der Waals surface area (Å²) in [4.78, 5) is -0.0723. The molecule has 1 heterocycles. The minimum atomic E-state index is -4.53. The molecule has 0 spiro atoms. The molecule has 0 aliphatic carbocycles. The van der Waals surface area contributed by atoms with Crippen LogP contribution in [0.2, 0.25) is 0 Å². The number of alkyl halides is 3. The number of hydrogen-bond acceptors (Lipinski definition) is 4. The van der Waals surface area contributed by atoms with Crippen molar-refractivity contribution in [2.75, 3.05) is 10.5 Å². The van der Waals surface area contributed by atoms with Gasteiger partial charge in [0.2, 0.25) is 0 Å². The summed E-state index contributed by atoms with van der Waals surface area (Å²) in [5.74, 6) is 0.00856. The molecule has 10 heteroatoms. The average Bonchev–Trinajstić information content (AvgIpc) is 2.94. The van der Waals surface area contributed by atoms with E-state index in [2.05, 4.69) is 9.82 Å². The van der Waals surface area contributed by atoms with E-state index in [1.165, 1.54) is 42.5 Å². The molecule has 0 saturated heterocycles. The maximum atomic E-state index is 13.0. The number of aromatic nitrogens is 2. The summed E-state index contributed by atoms with van der Waals surface area (Å²) >= 11 is 0. The minimum absolute atomic E-state index is 0.00856. The Morgan fingerprint density at radius 1 is 1.07 bits per heavy atom. The SMILES string of the molecule is Cc1cc(NS(=O)(=O)c2cccc(N)c2)n(-c2cccc(C(F)(F)F)c2)n1. The van der Waals surface area contributed by atoms with Gasteiger partial charge in [0.25, 0.3) is 10.0 Å². The Balaban J connectivity index is 2.03. The van der Waals surface area contributed by atoms with E-state index < -0.39 is 21.8 Å². The minimum Gasteiger partial charge on any atom is -0.399 e. The Labute approximate surface area is 153 Å². The molecule has 27 heavy (non-hydrogen) atoms. The number of benzene rings is 2.